The van der Waals surface area contributed by atoms with Gasteiger partial charge in [-0.15, -0.1) is 0 Å². The van der Waals surface area contributed by atoms with Crippen LogP contribution < -0.4 is 21.2 Å². The van der Waals surface area contributed by atoms with E-state index in [0.717, 1.165) is 0 Å². The molecule has 57 heavy (non-hydrogen) atoms. The van der Waals surface area contributed by atoms with Crippen molar-refractivity contribution in [2.75, 3.05) is 0 Å². The minimum absolute atomic E-state index is 0.106. The van der Waals surface area contributed by atoms with Crippen molar-refractivity contribution in [2.45, 2.75) is 0 Å². The summed E-state index contributed by atoms with van der Waals surface area (Å²) in [6.07, 6.45) is 0. The van der Waals surface area contributed by atoms with Crippen molar-refractivity contribution in [1.29, 1.82) is 0 Å². The predicted molar refractivity (Wildman–Crippen MR) is 249 cm³/mol. The zero-order chi connectivity index (χ0) is 39.1. The molecule has 0 amide bonds. The zero-order valence-electron chi connectivity index (χ0n) is 31.1. The predicted octanol–water partition coefficient (Wildman–Crippen LogP) is 13.8. The van der Waals surface area contributed by atoms with Crippen molar-refractivity contribution in [3.8, 4) is 0 Å². The Kier molecular flexibility index (Phi) is 15.1. The quantitative estimate of drug-likeness (QED) is 0.0525. The van der Waals surface area contributed by atoms with E-state index in [-0.39, 0.29) is 15.9 Å². The van der Waals surface area contributed by atoms with Gasteiger partial charge in [-0.05, 0) is 70.5 Å². The monoisotopic (exact) mass is 902 g/mol. The summed E-state index contributed by atoms with van der Waals surface area (Å²) >= 11 is -0.106. The molecular formula is C52H40Cl2P2Pd. The van der Waals surface area contributed by atoms with E-state index in [2.05, 4.69) is 243 Å². The van der Waals surface area contributed by atoms with Gasteiger partial charge in [-0.2, -0.15) is 0 Å². The standard InChI is InChI=1S/C52H40P2.2ClH.Pd/c1-9-25-41(26-10-1)49(51(43-29-13-3-14-30-43)53(45-33-17-5-18-34-45)46-35-19-6-20-36-46)50(42-27-11-2-12-28-42)52(44-31-15-4-16-32-44)54(47-37-21-7-22-38-47)48-39-23-8-24-40-48;;;/h1-40H;2*1H;/q;;;+2/p-2/b51-49+,52-50+;;;. The Morgan fingerprint density at radius 3 is 0.649 bits per heavy atom. The SMILES string of the molecule is [Cl][Pd][Cl].c1ccc(C(/C(=C(\c2ccccc2)P(c2ccccc2)c2ccccc2)c2ccccc2)=C(/c2ccccc2)P(c2ccccc2)c2ccccc2)cc1. The van der Waals surface area contributed by atoms with Gasteiger partial charge in [0, 0.05) is 10.6 Å². The van der Waals surface area contributed by atoms with Gasteiger partial charge >= 0.3 is 35.0 Å². The molecule has 0 saturated carbocycles. The molecule has 0 aliphatic heterocycles. The Labute approximate surface area is 356 Å². The van der Waals surface area contributed by atoms with Gasteiger partial charge in [0.25, 0.3) is 0 Å². The number of allylic oxidation sites excluding steroid dienone is 2. The van der Waals surface area contributed by atoms with Gasteiger partial charge in [0.05, 0.1) is 0 Å². The van der Waals surface area contributed by atoms with Crippen molar-refractivity contribution >= 4 is 77.9 Å². The molecule has 0 N–H and O–H groups in total. The summed E-state index contributed by atoms with van der Waals surface area (Å²) in [6.45, 7) is 0. The smallest absolute Gasteiger partial charge is 0.000641 e. The van der Waals surface area contributed by atoms with Crippen LogP contribution in [0.15, 0.2) is 243 Å². The molecule has 282 valence electrons. The summed E-state index contributed by atoms with van der Waals surface area (Å²) in [5.41, 5.74) is 7.34. The molecular weight excluding hydrogens is 864 g/mol. The average Bonchev–Trinajstić information content (AvgIpc) is 3.30. The molecule has 0 radical (unpaired) electrons. The van der Waals surface area contributed by atoms with Gasteiger partial charge in [0.2, 0.25) is 0 Å². The maximum absolute atomic E-state index is 4.81. The second kappa shape index (κ2) is 21.2. The molecule has 0 saturated heterocycles. The van der Waals surface area contributed by atoms with Crippen molar-refractivity contribution < 1.29 is 15.9 Å². The summed E-state index contributed by atoms with van der Waals surface area (Å²) in [5, 5.41) is 7.91. The minimum atomic E-state index is -1.05. The van der Waals surface area contributed by atoms with Gasteiger partial charge in [-0.1, -0.05) is 243 Å². The van der Waals surface area contributed by atoms with Gasteiger partial charge < -0.3 is 0 Å². The first-order chi connectivity index (χ1) is 28.3. The minimum Gasteiger partial charge on any atom is -0.0622 e. The molecule has 0 bridgehead atoms. The fourth-order valence-electron chi connectivity index (χ4n) is 7.09. The Bertz CT molecular complexity index is 2210. The van der Waals surface area contributed by atoms with Crippen LogP contribution in [-0.2, 0) is 15.9 Å². The maximum Gasteiger partial charge on any atom is 0.000641 e. The molecule has 8 aromatic carbocycles. The third kappa shape index (κ3) is 10.1. The van der Waals surface area contributed by atoms with E-state index in [1.165, 1.54) is 65.2 Å². The Balaban J connectivity index is 0.00000160. The summed E-state index contributed by atoms with van der Waals surface area (Å²) in [4.78, 5) is 0. The first-order valence-corrected chi connectivity index (χ1v) is 25.3. The topological polar surface area (TPSA) is 0 Å². The van der Waals surface area contributed by atoms with E-state index in [0.29, 0.717) is 0 Å². The van der Waals surface area contributed by atoms with Gasteiger partial charge in [-0.3, -0.25) is 0 Å². The third-order valence-electron chi connectivity index (χ3n) is 9.45. The van der Waals surface area contributed by atoms with Crippen LogP contribution in [0.25, 0.3) is 21.8 Å². The molecule has 0 unspecified atom stereocenters. The molecule has 0 heterocycles. The van der Waals surface area contributed by atoms with Crippen molar-refractivity contribution in [2.24, 2.45) is 0 Å². The van der Waals surface area contributed by atoms with E-state index < -0.39 is 15.8 Å². The molecule has 0 spiro atoms. The number of hydrogen-bond donors (Lipinski definition) is 0. The van der Waals surface area contributed by atoms with Crippen LogP contribution in [0.5, 0.6) is 0 Å². The molecule has 0 atom stereocenters. The summed E-state index contributed by atoms with van der Waals surface area (Å²) in [5.74, 6) is 0. The van der Waals surface area contributed by atoms with Gasteiger partial charge in [-0.25, -0.2) is 0 Å². The largest absolute Gasteiger partial charge is 0.0622 e. The van der Waals surface area contributed by atoms with E-state index in [9.17, 15) is 0 Å². The van der Waals surface area contributed by atoms with Crippen molar-refractivity contribution in [3.63, 3.8) is 0 Å². The Morgan fingerprint density at radius 1 is 0.263 bits per heavy atom. The maximum atomic E-state index is 4.81. The molecule has 5 heteroatoms. The first-order valence-electron chi connectivity index (χ1n) is 18.6. The zero-order valence-corrected chi connectivity index (χ0v) is 35.9. The third-order valence-corrected chi connectivity index (χ3v) is 14.6. The average molecular weight is 904 g/mol. The molecule has 0 nitrogen and oxygen atoms in total. The molecule has 8 aromatic rings. The summed E-state index contributed by atoms with van der Waals surface area (Å²) < 4.78 is 0. The van der Waals surface area contributed by atoms with E-state index in [1.54, 1.807) is 0 Å². The number of benzene rings is 8. The summed E-state index contributed by atoms with van der Waals surface area (Å²) in [6, 6.07) is 89.0. The van der Waals surface area contributed by atoms with Crippen LogP contribution in [0.1, 0.15) is 22.3 Å². The van der Waals surface area contributed by atoms with Crippen molar-refractivity contribution in [3.05, 3.63) is 265 Å². The van der Waals surface area contributed by atoms with E-state index >= 15 is 0 Å². The van der Waals surface area contributed by atoms with Crippen LogP contribution >= 0.6 is 34.9 Å². The van der Waals surface area contributed by atoms with Crippen LogP contribution in [0, 0.1) is 0 Å². The Hall–Kier alpha value is -4.66. The van der Waals surface area contributed by atoms with E-state index in [4.69, 9.17) is 19.1 Å². The number of halogens is 2. The fraction of sp³-hybridized carbons (Fsp3) is 0. The van der Waals surface area contributed by atoms with Crippen molar-refractivity contribution in [1.82, 2.24) is 0 Å². The molecule has 8 rings (SSSR count). The van der Waals surface area contributed by atoms with Gasteiger partial charge in [0.15, 0.2) is 0 Å². The fourth-order valence-corrected chi connectivity index (χ4v) is 12.3. The number of hydrogen-bond acceptors (Lipinski definition) is 0. The molecule has 0 aromatic heterocycles. The summed E-state index contributed by atoms with van der Waals surface area (Å²) in [7, 11) is 7.54. The van der Waals surface area contributed by atoms with E-state index in [1.807, 2.05) is 0 Å². The second-order valence-corrected chi connectivity index (χ2v) is 19.6. The molecule has 0 fully saturated rings. The first kappa shape index (κ1) is 40.5. The van der Waals surface area contributed by atoms with Crippen LogP contribution in [0.2, 0.25) is 0 Å². The second-order valence-electron chi connectivity index (χ2n) is 13.0. The van der Waals surface area contributed by atoms with Crippen LogP contribution in [0.4, 0.5) is 0 Å². The normalized spacial score (nSPS) is 12.0. The number of rotatable bonds is 11. The Morgan fingerprint density at radius 2 is 0.439 bits per heavy atom. The van der Waals surface area contributed by atoms with Gasteiger partial charge in [0.1, 0.15) is 0 Å². The van der Waals surface area contributed by atoms with Crippen LogP contribution in [0.3, 0.4) is 0 Å². The van der Waals surface area contributed by atoms with Crippen LogP contribution in [-0.4, -0.2) is 0 Å². The molecule has 0 aliphatic rings. The molecule has 0 aliphatic carbocycles.